The van der Waals surface area contributed by atoms with Crippen LogP contribution in [0.15, 0.2) is 24.3 Å². The van der Waals surface area contributed by atoms with Crippen LogP contribution in [0.3, 0.4) is 0 Å². The molecular formula is C18H26N2O2. The average molecular weight is 302 g/mol. The highest BCUT2D eigenvalue weighted by Gasteiger charge is 2.31. The van der Waals surface area contributed by atoms with E-state index in [1.807, 2.05) is 12.1 Å². The van der Waals surface area contributed by atoms with Gasteiger partial charge in [0, 0.05) is 24.5 Å². The lowest BCUT2D eigenvalue weighted by Gasteiger charge is -2.32. The zero-order chi connectivity index (χ0) is 15.5. The van der Waals surface area contributed by atoms with Crippen LogP contribution in [0.4, 0.5) is 11.4 Å². The second-order valence-electron chi connectivity index (χ2n) is 6.81. The zero-order valence-corrected chi connectivity index (χ0v) is 13.3. The van der Waals surface area contributed by atoms with E-state index in [0.717, 1.165) is 44.0 Å². The third-order valence-corrected chi connectivity index (χ3v) is 5.08. The van der Waals surface area contributed by atoms with E-state index in [4.69, 9.17) is 0 Å². The first-order chi connectivity index (χ1) is 10.6. The van der Waals surface area contributed by atoms with Gasteiger partial charge in [-0.05, 0) is 56.2 Å². The zero-order valence-electron chi connectivity index (χ0n) is 13.3. The molecule has 22 heavy (non-hydrogen) atoms. The smallest absolute Gasteiger partial charge is 0.230 e. The number of nitrogens with zero attached hydrogens (tertiary/aromatic N) is 1. The van der Waals surface area contributed by atoms with Crippen LogP contribution in [-0.4, -0.2) is 30.2 Å². The third kappa shape index (κ3) is 3.43. The van der Waals surface area contributed by atoms with Crippen molar-refractivity contribution in [3.63, 3.8) is 0 Å². The Labute approximate surface area is 132 Å². The maximum atomic E-state index is 12.3. The van der Waals surface area contributed by atoms with Crippen molar-refractivity contribution in [1.29, 1.82) is 0 Å². The number of nitrogens with one attached hydrogen (secondary N) is 1. The summed E-state index contributed by atoms with van der Waals surface area (Å²) in [5, 5.41) is 12.8. The van der Waals surface area contributed by atoms with Crippen molar-refractivity contribution in [2.24, 2.45) is 11.8 Å². The van der Waals surface area contributed by atoms with Crippen LogP contribution in [0.25, 0.3) is 0 Å². The van der Waals surface area contributed by atoms with Gasteiger partial charge in [0.15, 0.2) is 0 Å². The quantitative estimate of drug-likeness (QED) is 0.902. The van der Waals surface area contributed by atoms with Gasteiger partial charge in [-0.1, -0.05) is 13.0 Å². The number of rotatable bonds is 3. The summed E-state index contributed by atoms with van der Waals surface area (Å²) in [5.41, 5.74) is 2.01. The predicted molar refractivity (Wildman–Crippen MR) is 89.0 cm³/mol. The van der Waals surface area contributed by atoms with Crippen molar-refractivity contribution in [2.75, 3.05) is 23.3 Å². The molecule has 2 fully saturated rings. The Morgan fingerprint density at radius 1 is 1.23 bits per heavy atom. The lowest BCUT2D eigenvalue weighted by atomic mass is 9.99. The molecule has 2 atom stereocenters. The second kappa shape index (κ2) is 6.69. The lowest BCUT2D eigenvalue weighted by Crippen LogP contribution is -2.33. The molecule has 3 rings (SSSR count). The molecule has 1 saturated heterocycles. The topological polar surface area (TPSA) is 52.6 Å². The molecule has 1 aliphatic heterocycles. The Morgan fingerprint density at radius 3 is 2.68 bits per heavy atom. The number of anilines is 2. The summed E-state index contributed by atoms with van der Waals surface area (Å²) in [4.78, 5) is 14.7. The summed E-state index contributed by atoms with van der Waals surface area (Å²) in [6.45, 7) is 4.47. The fourth-order valence-electron chi connectivity index (χ4n) is 3.53. The minimum Gasteiger partial charge on any atom is -0.392 e. The number of benzene rings is 1. The van der Waals surface area contributed by atoms with Crippen LogP contribution in [0, 0.1) is 11.8 Å². The summed E-state index contributed by atoms with van der Waals surface area (Å²) in [5.74, 6) is 0.511. The van der Waals surface area contributed by atoms with Gasteiger partial charge in [0.05, 0.1) is 12.0 Å². The van der Waals surface area contributed by atoms with Gasteiger partial charge in [-0.3, -0.25) is 4.79 Å². The van der Waals surface area contributed by atoms with E-state index >= 15 is 0 Å². The van der Waals surface area contributed by atoms with Crippen LogP contribution in [0.2, 0.25) is 0 Å². The molecule has 4 heteroatoms. The van der Waals surface area contributed by atoms with Gasteiger partial charge < -0.3 is 15.3 Å². The summed E-state index contributed by atoms with van der Waals surface area (Å²) in [7, 11) is 0. The van der Waals surface area contributed by atoms with Gasteiger partial charge in [-0.25, -0.2) is 0 Å². The van der Waals surface area contributed by atoms with Crippen LogP contribution < -0.4 is 10.2 Å². The summed E-state index contributed by atoms with van der Waals surface area (Å²) < 4.78 is 0. The third-order valence-electron chi connectivity index (χ3n) is 5.08. The van der Waals surface area contributed by atoms with Gasteiger partial charge in [0.25, 0.3) is 0 Å². The highest BCUT2D eigenvalue weighted by molar-refractivity contribution is 5.93. The van der Waals surface area contributed by atoms with Crippen molar-refractivity contribution in [3.8, 4) is 0 Å². The van der Waals surface area contributed by atoms with Crippen molar-refractivity contribution < 1.29 is 9.90 Å². The van der Waals surface area contributed by atoms with Crippen molar-refractivity contribution in [1.82, 2.24) is 0 Å². The molecule has 2 N–H and O–H groups in total. The van der Waals surface area contributed by atoms with Crippen molar-refractivity contribution in [3.05, 3.63) is 24.3 Å². The number of hydrogen-bond donors (Lipinski definition) is 2. The normalized spacial score (nSPS) is 26.2. The van der Waals surface area contributed by atoms with Gasteiger partial charge in [-0.2, -0.15) is 0 Å². The van der Waals surface area contributed by atoms with Crippen molar-refractivity contribution >= 4 is 17.3 Å². The number of piperidine rings is 1. The van der Waals surface area contributed by atoms with Gasteiger partial charge >= 0.3 is 0 Å². The van der Waals surface area contributed by atoms with E-state index in [2.05, 4.69) is 29.3 Å². The molecule has 1 saturated carbocycles. The number of aliphatic hydroxyl groups is 1. The van der Waals surface area contributed by atoms with Crippen LogP contribution in [-0.2, 0) is 4.79 Å². The Morgan fingerprint density at radius 2 is 2.00 bits per heavy atom. The minimum atomic E-state index is -0.480. The maximum Gasteiger partial charge on any atom is 0.230 e. The number of aliphatic hydroxyl groups excluding tert-OH is 1. The van der Waals surface area contributed by atoms with Crippen LogP contribution >= 0.6 is 0 Å². The Balaban J connectivity index is 1.65. The minimum absolute atomic E-state index is 0.0468. The average Bonchev–Trinajstić information content (AvgIpc) is 2.94. The molecule has 1 aromatic carbocycles. The molecular weight excluding hydrogens is 276 g/mol. The second-order valence-corrected chi connectivity index (χ2v) is 6.81. The van der Waals surface area contributed by atoms with E-state index < -0.39 is 6.10 Å². The molecule has 1 heterocycles. The molecule has 0 spiro atoms. The van der Waals surface area contributed by atoms with E-state index in [1.165, 1.54) is 18.5 Å². The number of carbonyl (C=O) groups is 1. The SMILES string of the molecule is CC1CCN(c2cccc(NC(=O)C3CCCC3O)c2)CC1. The van der Waals surface area contributed by atoms with Crippen molar-refractivity contribution in [2.45, 2.75) is 45.1 Å². The summed E-state index contributed by atoms with van der Waals surface area (Å²) in [6, 6.07) is 8.08. The highest BCUT2D eigenvalue weighted by Crippen LogP contribution is 2.28. The fourth-order valence-corrected chi connectivity index (χ4v) is 3.53. The van der Waals surface area contributed by atoms with Crippen LogP contribution in [0.1, 0.15) is 39.0 Å². The Hall–Kier alpha value is -1.55. The number of amides is 1. The molecule has 4 nitrogen and oxygen atoms in total. The standard InChI is InChI=1S/C18H26N2O2/c1-13-8-10-20(11-9-13)15-5-2-4-14(12-15)19-18(22)16-6-3-7-17(16)21/h2,4-5,12-13,16-17,21H,3,6-11H2,1H3,(H,19,22). The Kier molecular flexibility index (Phi) is 4.67. The monoisotopic (exact) mass is 302 g/mol. The van der Waals surface area contributed by atoms with Crippen LogP contribution in [0.5, 0.6) is 0 Å². The molecule has 1 aliphatic carbocycles. The number of carbonyl (C=O) groups excluding carboxylic acids is 1. The largest absolute Gasteiger partial charge is 0.392 e. The maximum absolute atomic E-state index is 12.3. The molecule has 2 unspecified atom stereocenters. The summed E-state index contributed by atoms with van der Waals surface area (Å²) >= 11 is 0. The van der Waals surface area contributed by atoms with Gasteiger partial charge in [-0.15, -0.1) is 0 Å². The first-order valence-corrected chi connectivity index (χ1v) is 8.47. The van der Waals surface area contributed by atoms with E-state index in [1.54, 1.807) is 0 Å². The molecule has 2 aliphatic rings. The molecule has 1 amide bonds. The number of hydrogen-bond acceptors (Lipinski definition) is 3. The molecule has 0 bridgehead atoms. The summed E-state index contributed by atoms with van der Waals surface area (Å²) in [6.07, 6.45) is 4.44. The Bertz CT molecular complexity index is 524. The highest BCUT2D eigenvalue weighted by atomic mass is 16.3. The van der Waals surface area contributed by atoms with E-state index in [9.17, 15) is 9.90 Å². The van der Waals surface area contributed by atoms with Gasteiger partial charge in [0.2, 0.25) is 5.91 Å². The van der Waals surface area contributed by atoms with E-state index in [-0.39, 0.29) is 11.8 Å². The fraction of sp³-hybridized carbons (Fsp3) is 0.611. The lowest BCUT2D eigenvalue weighted by molar-refractivity contribution is -0.122. The first kappa shape index (κ1) is 15.3. The predicted octanol–water partition coefficient (Wildman–Crippen LogP) is 3.02. The van der Waals surface area contributed by atoms with E-state index in [0.29, 0.717) is 0 Å². The molecule has 0 aromatic heterocycles. The molecule has 1 aromatic rings. The first-order valence-electron chi connectivity index (χ1n) is 8.47. The molecule has 120 valence electrons. The van der Waals surface area contributed by atoms with Gasteiger partial charge in [0.1, 0.15) is 0 Å². The molecule has 0 radical (unpaired) electrons.